The Hall–Kier alpha value is -11.7. The zero-order chi connectivity index (χ0) is 75.8. The molecule has 2 aliphatic heterocycles. The second-order valence-electron chi connectivity index (χ2n) is 24.8. The van der Waals surface area contributed by atoms with Crippen LogP contribution in [0.1, 0.15) is 48.3 Å². The molecule has 0 atom stereocenters. The number of fused-ring (bicyclic) bond motifs is 10. The van der Waals surface area contributed by atoms with E-state index in [4.69, 9.17) is 11.0 Å². The second kappa shape index (κ2) is 21.5. The first-order valence-corrected chi connectivity index (χ1v) is 31.1. The van der Waals surface area contributed by atoms with Gasteiger partial charge in [-0.15, -0.1) is 0 Å². The molecule has 438 valence electrons. The van der Waals surface area contributed by atoms with Gasteiger partial charge in [-0.2, -0.15) is 0 Å². The average Bonchev–Trinajstić information content (AvgIpc) is 1.24. The van der Waals surface area contributed by atoms with Crippen LogP contribution in [0.15, 0.2) is 327 Å². The highest BCUT2D eigenvalue weighted by molar-refractivity contribution is 7.00. The minimum absolute atomic E-state index is 0.0102. The predicted molar refractivity (Wildman–Crippen MR) is 395 cm³/mol. The highest BCUT2D eigenvalue weighted by Crippen LogP contribution is 2.54. The fraction of sp³-hybridized carbons (Fsp3) is 0.0455. The van der Waals surface area contributed by atoms with Crippen LogP contribution >= 0.6 is 0 Å². The third-order valence-electron chi connectivity index (χ3n) is 18.6. The van der Waals surface area contributed by atoms with Gasteiger partial charge in [0.2, 0.25) is 0 Å². The van der Waals surface area contributed by atoms with Gasteiger partial charge >= 0.3 is 0 Å². The second-order valence-corrected chi connectivity index (χ2v) is 24.8. The molecule has 0 amide bonds. The first-order chi connectivity index (χ1) is 52.5. The Morgan fingerprint density at radius 3 is 1.04 bits per heavy atom. The van der Waals surface area contributed by atoms with Crippen LogP contribution in [-0.2, 0) is 5.41 Å². The average molecular weight is 1200 g/mol. The highest BCUT2D eigenvalue weighted by atomic mass is 15.2. The van der Waals surface area contributed by atoms with Gasteiger partial charge in [0.25, 0.3) is 6.71 Å². The van der Waals surface area contributed by atoms with Crippen molar-refractivity contribution in [3.05, 3.63) is 333 Å². The summed E-state index contributed by atoms with van der Waals surface area (Å²) in [6, 6.07) is 70.9. The van der Waals surface area contributed by atoms with Crippen molar-refractivity contribution in [3.8, 4) is 67.0 Å². The molecular formula is C88H63BN4. The van der Waals surface area contributed by atoms with Gasteiger partial charge in [0, 0.05) is 77.9 Å². The zero-order valence-electron chi connectivity index (χ0n) is 66.8. The maximum Gasteiger partial charge on any atom is 0.252 e. The number of nitrogens with zero attached hydrogens (tertiary/aromatic N) is 4. The van der Waals surface area contributed by atoms with E-state index in [-0.39, 0.29) is 43.6 Å². The number of rotatable bonds is 9. The molecule has 2 aromatic heterocycles. The van der Waals surface area contributed by atoms with E-state index >= 15 is 0 Å². The summed E-state index contributed by atoms with van der Waals surface area (Å²) in [5, 5.41) is -0.114. The molecule has 0 bridgehead atoms. The Morgan fingerprint density at radius 1 is 0.301 bits per heavy atom. The molecule has 14 aromatic carbocycles. The van der Waals surface area contributed by atoms with Gasteiger partial charge in [0.15, 0.2) is 0 Å². The van der Waals surface area contributed by atoms with Crippen molar-refractivity contribution >= 4 is 101 Å². The number of hydrogen-bond donors (Lipinski definition) is 0. The van der Waals surface area contributed by atoms with Crippen LogP contribution < -0.4 is 26.2 Å². The van der Waals surface area contributed by atoms with E-state index in [1.165, 1.54) is 4.57 Å². The van der Waals surface area contributed by atoms with Gasteiger partial charge in [-0.1, -0.05) is 281 Å². The van der Waals surface area contributed by atoms with Crippen LogP contribution in [0.4, 0.5) is 34.1 Å². The lowest BCUT2D eigenvalue weighted by Crippen LogP contribution is -2.61. The van der Waals surface area contributed by atoms with E-state index in [0.29, 0.717) is 17.1 Å². The standard InChI is InChI=1S/C88H63BN4/c1-88(2,3)64-55-83-85-84(56-64)93(87-69(61-30-12-6-13-31-61)40-25-41-70(87)62-32-14-7-15-33-62)82-57-66(91-79-44-22-18-36-73(79)74-37-19-23-45-80(74)91)51-53-76(82)89(85)75-52-48-63(58-46-49-65(50-47-58)90-77-42-20-16-34-71(77)72-35-17-21-43-78(72)90)54-81(75)92(83)86-67(59-26-8-4-9-27-59)38-24-39-68(86)60-28-10-5-11-29-60/h4-57H,1-3H3/i16D,17D,18D,19D,20D,21D,22D,23D,34D,35D,36D,37D,42D,43D,44D,45D. The molecule has 4 nitrogen and oxygen atoms in total. The summed E-state index contributed by atoms with van der Waals surface area (Å²) in [6.07, 6.45) is 0. The number of para-hydroxylation sites is 6. The summed E-state index contributed by atoms with van der Waals surface area (Å²) in [5.41, 5.74) is 17.8. The van der Waals surface area contributed by atoms with Crippen LogP contribution in [-0.4, -0.2) is 15.8 Å². The van der Waals surface area contributed by atoms with Crippen molar-refractivity contribution in [1.29, 1.82) is 0 Å². The first kappa shape index (κ1) is 40.2. The topological polar surface area (TPSA) is 16.3 Å². The summed E-state index contributed by atoms with van der Waals surface area (Å²) in [6.45, 7) is 6.03. The molecule has 0 saturated heterocycles. The molecule has 5 heteroatoms. The molecule has 0 saturated carbocycles. The van der Waals surface area contributed by atoms with Crippen molar-refractivity contribution in [1.82, 2.24) is 9.13 Å². The monoisotopic (exact) mass is 1200 g/mol. The molecule has 0 spiro atoms. The highest BCUT2D eigenvalue weighted by Gasteiger charge is 2.46. The fourth-order valence-electron chi connectivity index (χ4n) is 14.3. The van der Waals surface area contributed by atoms with E-state index in [2.05, 4.69) is 152 Å². The van der Waals surface area contributed by atoms with E-state index in [0.717, 1.165) is 106 Å². The van der Waals surface area contributed by atoms with E-state index < -0.39 is 109 Å². The Bertz CT molecular complexity index is 6330. The van der Waals surface area contributed by atoms with Crippen LogP contribution in [0.2, 0.25) is 0 Å². The van der Waals surface area contributed by atoms with Gasteiger partial charge in [-0.25, -0.2) is 0 Å². The third kappa shape index (κ3) is 8.68. The lowest BCUT2D eigenvalue weighted by molar-refractivity contribution is 0.590. The summed E-state index contributed by atoms with van der Waals surface area (Å²) in [4.78, 5) is 4.78. The zero-order valence-corrected chi connectivity index (χ0v) is 50.8. The quantitative estimate of drug-likeness (QED) is 0.134. The predicted octanol–water partition coefficient (Wildman–Crippen LogP) is 21.6. The summed E-state index contributed by atoms with van der Waals surface area (Å²) >= 11 is 0. The van der Waals surface area contributed by atoms with Gasteiger partial charge in [0.05, 0.1) is 55.4 Å². The Labute approximate surface area is 565 Å². The van der Waals surface area contributed by atoms with Gasteiger partial charge < -0.3 is 18.9 Å². The summed E-state index contributed by atoms with van der Waals surface area (Å²) in [7, 11) is 0. The van der Waals surface area contributed by atoms with Gasteiger partial charge in [-0.05, 0) is 127 Å². The third-order valence-corrected chi connectivity index (χ3v) is 18.6. The number of anilines is 6. The lowest BCUT2D eigenvalue weighted by Gasteiger charge is -2.46. The van der Waals surface area contributed by atoms with Crippen molar-refractivity contribution in [3.63, 3.8) is 0 Å². The summed E-state index contributed by atoms with van der Waals surface area (Å²) < 4.78 is 150. The minimum Gasteiger partial charge on any atom is -0.310 e. The van der Waals surface area contributed by atoms with E-state index in [1.54, 1.807) is 16.7 Å². The molecule has 18 rings (SSSR count). The van der Waals surface area contributed by atoms with Crippen molar-refractivity contribution in [2.75, 3.05) is 9.80 Å². The Morgan fingerprint density at radius 2 is 0.645 bits per heavy atom. The van der Waals surface area contributed by atoms with Crippen LogP contribution in [0.5, 0.6) is 0 Å². The normalized spacial score (nSPS) is 15.0. The van der Waals surface area contributed by atoms with E-state index in [1.807, 2.05) is 97.1 Å². The Kier molecular flexibility index (Phi) is 9.29. The molecule has 0 N–H and O–H groups in total. The van der Waals surface area contributed by atoms with Crippen LogP contribution in [0.25, 0.3) is 111 Å². The molecule has 16 aromatic rings. The first-order valence-electron chi connectivity index (χ1n) is 39.1. The van der Waals surface area contributed by atoms with Crippen molar-refractivity contribution in [2.45, 2.75) is 26.2 Å². The molecule has 0 aliphatic carbocycles. The molecule has 2 aliphatic rings. The molecule has 4 heterocycles. The van der Waals surface area contributed by atoms with Crippen molar-refractivity contribution in [2.24, 2.45) is 0 Å². The minimum atomic E-state index is -0.586. The Balaban J connectivity index is 0.975. The van der Waals surface area contributed by atoms with Gasteiger partial charge in [0.1, 0.15) is 0 Å². The van der Waals surface area contributed by atoms with Crippen LogP contribution in [0.3, 0.4) is 0 Å². The fourth-order valence-corrected chi connectivity index (χ4v) is 14.3. The van der Waals surface area contributed by atoms with Crippen molar-refractivity contribution < 1.29 is 21.9 Å². The molecule has 93 heavy (non-hydrogen) atoms. The van der Waals surface area contributed by atoms with E-state index in [9.17, 15) is 11.0 Å². The largest absolute Gasteiger partial charge is 0.310 e. The number of benzene rings is 14. The van der Waals surface area contributed by atoms with Crippen LogP contribution in [0, 0.1) is 0 Å². The summed E-state index contributed by atoms with van der Waals surface area (Å²) in [5.74, 6) is 0. The smallest absolute Gasteiger partial charge is 0.252 e. The number of hydrogen-bond acceptors (Lipinski definition) is 2. The lowest BCUT2D eigenvalue weighted by atomic mass is 9.33. The number of aromatic nitrogens is 2. The molecule has 0 radical (unpaired) electrons. The molecule has 0 unspecified atom stereocenters. The SMILES string of the molecule is [2H]c1c([2H])c([2H])c2c(c1[2H])c1c([2H])c([2H])c([2H])c([2H])c1n2-c1ccc(-c2ccc3c(c2)N(c2c(-c4ccccc4)cccc2-c2ccccc2)c2cc(C(C)(C)C)cc4c2B3c2ccc(-n3c5c([2H])c([2H])c([2H])c([2H])c5c5c([2H])c([2H])c([2H])c([2H])c53)cc2N4c2c(-c3ccccc3)cccc2-c2ccccc2)cc1. The van der Waals surface area contributed by atoms with Gasteiger partial charge in [-0.3, -0.25) is 0 Å². The maximum absolute atomic E-state index is 9.73. The maximum atomic E-state index is 9.73. The molecular weight excluding hydrogens is 1120 g/mol. The molecule has 0 fully saturated rings.